The van der Waals surface area contributed by atoms with E-state index in [4.69, 9.17) is 0 Å². The molecule has 6 nitrogen and oxygen atoms in total. The smallest absolute Gasteiger partial charge is 0.177 e. The van der Waals surface area contributed by atoms with E-state index in [9.17, 15) is 4.39 Å². The zero-order valence-corrected chi connectivity index (χ0v) is 15.5. The van der Waals surface area contributed by atoms with E-state index in [1.54, 1.807) is 16.9 Å². The monoisotopic (exact) mass is 366 g/mol. The van der Waals surface area contributed by atoms with Gasteiger partial charge in [0.2, 0.25) is 0 Å². The van der Waals surface area contributed by atoms with Crippen LogP contribution in [0.5, 0.6) is 0 Å². The van der Waals surface area contributed by atoms with Gasteiger partial charge in [0.15, 0.2) is 5.65 Å². The molecule has 1 aliphatic heterocycles. The number of piperazine rings is 1. The number of fused-ring (bicyclic) bond motifs is 1. The van der Waals surface area contributed by atoms with E-state index in [0.29, 0.717) is 6.42 Å². The van der Waals surface area contributed by atoms with E-state index in [1.807, 2.05) is 31.2 Å². The van der Waals surface area contributed by atoms with Gasteiger partial charge in [-0.15, -0.1) is 15.3 Å². The third-order valence-corrected chi connectivity index (χ3v) is 5.10. The summed E-state index contributed by atoms with van der Waals surface area (Å²) in [5.41, 5.74) is 3.70. The lowest BCUT2D eigenvalue weighted by atomic mass is 10.0. The molecule has 0 bridgehead atoms. The van der Waals surface area contributed by atoms with Crippen molar-refractivity contribution in [2.45, 2.75) is 19.8 Å². The maximum atomic E-state index is 13.7. The Morgan fingerprint density at radius 3 is 2.74 bits per heavy atom. The fourth-order valence-corrected chi connectivity index (χ4v) is 3.50. The number of rotatable bonds is 5. The zero-order valence-electron chi connectivity index (χ0n) is 15.5. The highest BCUT2D eigenvalue weighted by Crippen LogP contribution is 2.19. The largest absolute Gasteiger partial charge is 0.371 e. The number of aromatic nitrogens is 4. The summed E-state index contributed by atoms with van der Waals surface area (Å²) in [6.45, 7) is 9.77. The number of hydrogen-bond acceptors (Lipinski definition) is 5. The minimum Gasteiger partial charge on any atom is -0.371 e. The highest BCUT2D eigenvalue weighted by Gasteiger charge is 2.19. The van der Waals surface area contributed by atoms with E-state index in [1.165, 1.54) is 0 Å². The Morgan fingerprint density at radius 1 is 1.15 bits per heavy atom. The van der Waals surface area contributed by atoms with Crippen LogP contribution >= 0.6 is 0 Å². The second kappa shape index (κ2) is 7.34. The van der Waals surface area contributed by atoms with Gasteiger partial charge in [-0.05, 0) is 35.7 Å². The first-order valence-electron chi connectivity index (χ1n) is 9.26. The standard InChI is InChI=1S/C20H23FN6/c1-3-17-13-16(4-5-18(17)21)12-15(2)25-8-10-26(11-9-25)20-7-6-19-23-22-14-27(19)24-20/h4-7,13-14H,2-3,8-12H2,1H3. The summed E-state index contributed by atoms with van der Waals surface area (Å²) in [7, 11) is 0. The molecule has 0 amide bonds. The fourth-order valence-electron chi connectivity index (χ4n) is 3.50. The molecule has 140 valence electrons. The molecule has 0 atom stereocenters. The van der Waals surface area contributed by atoms with Gasteiger partial charge in [0.1, 0.15) is 18.0 Å². The molecule has 1 aromatic carbocycles. The van der Waals surface area contributed by atoms with Crippen molar-refractivity contribution in [2.24, 2.45) is 0 Å². The Labute approximate surface area is 157 Å². The summed E-state index contributed by atoms with van der Waals surface area (Å²) in [5, 5.41) is 12.4. The first kappa shape index (κ1) is 17.5. The Hall–Kier alpha value is -2.96. The van der Waals surface area contributed by atoms with Crippen molar-refractivity contribution in [3.63, 3.8) is 0 Å². The highest BCUT2D eigenvalue weighted by atomic mass is 19.1. The summed E-state index contributed by atoms with van der Waals surface area (Å²) in [6.07, 6.45) is 3.07. The third kappa shape index (κ3) is 3.63. The first-order valence-corrected chi connectivity index (χ1v) is 9.26. The zero-order chi connectivity index (χ0) is 18.8. The topological polar surface area (TPSA) is 49.6 Å². The van der Waals surface area contributed by atoms with E-state index < -0.39 is 0 Å². The predicted molar refractivity (Wildman–Crippen MR) is 103 cm³/mol. The van der Waals surface area contributed by atoms with Crippen molar-refractivity contribution in [2.75, 3.05) is 31.1 Å². The van der Waals surface area contributed by atoms with Gasteiger partial charge in [0.25, 0.3) is 0 Å². The van der Waals surface area contributed by atoms with E-state index in [2.05, 4.69) is 31.7 Å². The van der Waals surface area contributed by atoms with Crippen LogP contribution in [-0.2, 0) is 12.8 Å². The van der Waals surface area contributed by atoms with Crippen LogP contribution in [-0.4, -0.2) is 50.9 Å². The Bertz CT molecular complexity index is 958. The van der Waals surface area contributed by atoms with E-state index >= 15 is 0 Å². The third-order valence-electron chi connectivity index (χ3n) is 5.10. The number of halogens is 1. The molecule has 4 rings (SSSR count). The predicted octanol–water partition coefficient (Wildman–Crippen LogP) is 2.70. The summed E-state index contributed by atoms with van der Waals surface area (Å²) < 4.78 is 15.4. The van der Waals surface area contributed by atoms with Crippen LogP contribution in [0.3, 0.4) is 0 Å². The minimum absolute atomic E-state index is 0.127. The van der Waals surface area contributed by atoms with Gasteiger partial charge in [0, 0.05) is 38.3 Å². The van der Waals surface area contributed by atoms with Gasteiger partial charge in [-0.3, -0.25) is 0 Å². The lowest BCUT2D eigenvalue weighted by Gasteiger charge is -2.37. The quantitative estimate of drug-likeness (QED) is 0.695. The fraction of sp³-hybridized carbons (Fsp3) is 0.350. The molecule has 1 aliphatic rings. The van der Waals surface area contributed by atoms with Crippen molar-refractivity contribution in [1.82, 2.24) is 24.7 Å². The van der Waals surface area contributed by atoms with Gasteiger partial charge in [-0.25, -0.2) is 4.39 Å². The van der Waals surface area contributed by atoms with Crippen LogP contribution in [0.2, 0.25) is 0 Å². The van der Waals surface area contributed by atoms with Gasteiger partial charge in [-0.2, -0.15) is 4.52 Å². The maximum absolute atomic E-state index is 13.7. The van der Waals surface area contributed by atoms with Crippen LogP contribution in [0.1, 0.15) is 18.1 Å². The number of benzene rings is 1. The van der Waals surface area contributed by atoms with E-state index in [-0.39, 0.29) is 5.82 Å². The first-order chi connectivity index (χ1) is 13.1. The Kier molecular flexibility index (Phi) is 4.75. The summed E-state index contributed by atoms with van der Waals surface area (Å²) in [5.74, 6) is 0.803. The molecule has 0 saturated carbocycles. The molecule has 1 fully saturated rings. The summed E-state index contributed by atoms with van der Waals surface area (Å²) >= 11 is 0. The van der Waals surface area contributed by atoms with Crippen LogP contribution in [0.4, 0.5) is 10.2 Å². The molecule has 0 aliphatic carbocycles. The van der Waals surface area contributed by atoms with Crippen LogP contribution < -0.4 is 4.90 Å². The molecule has 0 radical (unpaired) electrons. The average molecular weight is 366 g/mol. The van der Waals surface area contributed by atoms with Gasteiger partial charge in [0.05, 0.1) is 0 Å². The second-order valence-corrected chi connectivity index (χ2v) is 6.82. The number of aryl methyl sites for hydroxylation is 1. The van der Waals surface area contributed by atoms with Crippen LogP contribution in [0.15, 0.2) is 48.9 Å². The van der Waals surface area contributed by atoms with Crippen molar-refractivity contribution in [3.05, 3.63) is 65.9 Å². The number of nitrogens with zero attached hydrogens (tertiary/aromatic N) is 6. The average Bonchev–Trinajstić information content (AvgIpc) is 3.17. The molecule has 0 unspecified atom stereocenters. The molecule has 3 aromatic rings. The number of allylic oxidation sites excluding steroid dienone is 1. The maximum Gasteiger partial charge on any atom is 0.177 e. The normalized spacial score (nSPS) is 14.7. The molecule has 27 heavy (non-hydrogen) atoms. The van der Waals surface area contributed by atoms with Crippen molar-refractivity contribution >= 4 is 11.5 Å². The molecular weight excluding hydrogens is 343 g/mol. The Morgan fingerprint density at radius 2 is 1.96 bits per heavy atom. The number of hydrogen-bond donors (Lipinski definition) is 0. The molecule has 3 heterocycles. The minimum atomic E-state index is -0.127. The summed E-state index contributed by atoms with van der Waals surface area (Å²) in [4.78, 5) is 4.57. The van der Waals surface area contributed by atoms with E-state index in [0.717, 1.165) is 60.9 Å². The lowest BCUT2D eigenvalue weighted by molar-refractivity contribution is 0.315. The lowest BCUT2D eigenvalue weighted by Crippen LogP contribution is -2.46. The van der Waals surface area contributed by atoms with Crippen molar-refractivity contribution in [1.29, 1.82) is 0 Å². The van der Waals surface area contributed by atoms with Gasteiger partial charge < -0.3 is 9.80 Å². The van der Waals surface area contributed by atoms with Gasteiger partial charge in [-0.1, -0.05) is 25.6 Å². The van der Waals surface area contributed by atoms with Crippen molar-refractivity contribution in [3.8, 4) is 0 Å². The van der Waals surface area contributed by atoms with Crippen LogP contribution in [0.25, 0.3) is 5.65 Å². The SMILES string of the molecule is C=C(Cc1ccc(F)c(CC)c1)N1CCN(c2ccc3nncn3n2)CC1. The molecule has 0 N–H and O–H groups in total. The second-order valence-electron chi connectivity index (χ2n) is 6.82. The summed E-state index contributed by atoms with van der Waals surface area (Å²) in [6, 6.07) is 9.29. The van der Waals surface area contributed by atoms with Crippen molar-refractivity contribution < 1.29 is 4.39 Å². The Balaban J connectivity index is 1.37. The molecule has 1 saturated heterocycles. The molecule has 2 aromatic heterocycles. The number of anilines is 1. The molecule has 7 heteroatoms. The van der Waals surface area contributed by atoms with Gasteiger partial charge >= 0.3 is 0 Å². The van der Waals surface area contributed by atoms with Crippen LogP contribution in [0, 0.1) is 5.82 Å². The molecule has 0 spiro atoms. The molecular formula is C20H23FN6. The highest BCUT2D eigenvalue weighted by molar-refractivity contribution is 5.45.